The van der Waals surface area contributed by atoms with E-state index in [4.69, 9.17) is 9.05 Å². The summed E-state index contributed by atoms with van der Waals surface area (Å²) >= 11 is 0. The number of nitrogens with zero attached hydrogens (tertiary/aromatic N) is 1. The third-order valence-corrected chi connectivity index (χ3v) is 6.35. The summed E-state index contributed by atoms with van der Waals surface area (Å²) in [5.41, 5.74) is 3.06. The van der Waals surface area contributed by atoms with Gasteiger partial charge in [-0.3, -0.25) is 9.55 Å². The molecule has 142 valence electrons. The van der Waals surface area contributed by atoms with Crippen LogP contribution >= 0.6 is 7.60 Å². The van der Waals surface area contributed by atoms with Crippen LogP contribution in [-0.2, 0) is 19.0 Å². The molecule has 1 heterocycles. The molecule has 2 aromatic rings. The van der Waals surface area contributed by atoms with Gasteiger partial charge < -0.3 is 19.5 Å². The zero-order chi connectivity index (χ0) is 19.5. The van der Waals surface area contributed by atoms with Crippen LogP contribution in [0.1, 0.15) is 43.2 Å². The zero-order valence-corrected chi connectivity index (χ0v) is 17.0. The molecule has 0 spiro atoms. The van der Waals surface area contributed by atoms with Crippen LogP contribution in [0.2, 0.25) is 0 Å². The molecule has 0 saturated heterocycles. The number of aromatic hydroxyl groups is 1. The Morgan fingerprint density at radius 3 is 2.35 bits per heavy atom. The molecule has 1 atom stereocenters. The first-order valence-electron chi connectivity index (χ1n) is 8.33. The van der Waals surface area contributed by atoms with E-state index in [0.29, 0.717) is 16.8 Å². The summed E-state index contributed by atoms with van der Waals surface area (Å²) in [7, 11) is -0.776. The van der Waals surface area contributed by atoms with E-state index in [1.807, 2.05) is 12.3 Å². The fourth-order valence-corrected chi connectivity index (χ4v) is 3.97. The van der Waals surface area contributed by atoms with E-state index in [-0.39, 0.29) is 11.2 Å². The molecule has 0 aliphatic heterocycles. The predicted molar refractivity (Wildman–Crippen MR) is 104 cm³/mol. The minimum absolute atomic E-state index is 0.0679. The summed E-state index contributed by atoms with van der Waals surface area (Å²) in [6, 6.07) is 7.01. The Balaban J connectivity index is 2.49. The van der Waals surface area contributed by atoms with Gasteiger partial charge >= 0.3 is 7.60 Å². The van der Waals surface area contributed by atoms with Gasteiger partial charge in [0.05, 0.1) is 5.69 Å². The van der Waals surface area contributed by atoms with Gasteiger partial charge in [0, 0.05) is 26.6 Å². The first kappa shape index (κ1) is 20.4. The number of phenols is 1. The number of nitrogens with one attached hydrogen (secondary N) is 1. The summed E-state index contributed by atoms with van der Waals surface area (Å²) < 4.78 is 23.6. The highest BCUT2D eigenvalue weighted by molar-refractivity contribution is 7.54. The number of hydrogen-bond acceptors (Lipinski definition) is 6. The Kier molecular flexibility index (Phi) is 6.12. The lowest BCUT2D eigenvalue weighted by molar-refractivity contribution is 0.268. The molecule has 0 bridgehead atoms. The second-order valence-corrected chi connectivity index (χ2v) is 9.54. The summed E-state index contributed by atoms with van der Waals surface area (Å²) in [4.78, 5) is 4.29. The van der Waals surface area contributed by atoms with Crippen molar-refractivity contribution in [2.75, 3.05) is 19.5 Å². The largest absolute Gasteiger partial charge is 0.508 e. The molecular weight excluding hydrogens is 351 g/mol. The van der Waals surface area contributed by atoms with Crippen molar-refractivity contribution in [1.82, 2.24) is 4.98 Å². The molecule has 0 fully saturated rings. The van der Waals surface area contributed by atoms with Crippen LogP contribution < -0.4 is 5.32 Å². The van der Waals surface area contributed by atoms with E-state index >= 15 is 0 Å². The molecular formula is C19H27N2O4P. The van der Waals surface area contributed by atoms with Crippen molar-refractivity contribution in [2.45, 2.75) is 38.9 Å². The highest BCUT2D eigenvalue weighted by atomic mass is 31.2. The van der Waals surface area contributed by atoms with Crippen molar-refractivity contribution in [3.8, 4) is 5.75 Å². The first-order chi connectivity index (χ1) is 12.1. The number of pyridine rings is 1. The average molecular weight is 378 g/mol. The minimum Gasteiger partial charge on any atom is -0.508 e. The zero-order valence-electron chi connectivity index (χ0n) is 16.1. The molecule has 0 radical (unpaired) electrons. The Bertz CT molecular complexity index is 809. The number of anilines is 1. The van der Waals surface area contributed by atoms with Gasteiger partial charge in [-0.05, 0) is 47.2 Å². The lowest BCUT2D eigenvalue weighted by Gasteiger charge is -2.27. The lowest BCUT2D eigenvalue weighted by Crippen LogP contribution is -2.16. The molecule has 0 saturated carbocycles. The molecule has 6 nitrogen and oxygen atoms in total. The van der Waals surface area contributed by atoms with Crippen molar-refractivity contribution in [2.24, 2.45) is 0 Å². The quantitative estimate of drug-likeness (QED) is 0.689. The van der Waals surface area contributed by atoms with Crippen LogP contribution in [0.5, 0.6) is 5.75 Å². The Morgan fingerprint density at radius 2 is 1.81 bits per heavy atom. The van der Waals surface area contributed by atoms with Crippen molar-refractivity contribution in [3.63, 3.8) is 0 Å². The van der Waals surface area contributed by atoms with Crippen LogP contribution in [-0.4, -0.2) is 24.3 Å². The average Bonchev–Trinajstić information content (AvgIpc) is 2.61. The number of hydrogen-bond donors (Lipinski definition) is 2. The molecule has 1 unspecified atom stereocenters. The summed E-state index contributed by atoms with van der Waals surface area (Å²) in [5, 5.41) is 13.0. The molecule has 7 heteroatoms. The van der Waals surface area contributed by atoms with Crippen LogP contribution in [0, 0.1) is 6.92 Å². The van der Waals surface area contributed by atoms with Gasteiger partial charge in [0.25, 0.3) is 0 Å². The van der Waals surface area contributed by atoms with Gasteiger partial charge in [0.1, 0.15) is 5.75 Å². The monoisotopic (exact) mass is 378 g/mol. The van der Waals surface area contributed by atoms with E-state index in [0.717, 1.165) is 5.56 Å². The molecule has 1 aromatic carbocycles. The van der Waals surface area contributed by atoms with Gasteiger partial charge in [0.15, 0.2) is 5.78 Å². The number of rotatable bonds is 6. The van der Waals surface area contributed by atoms with Crippen molar-refractivity contribution >= 4 is 13.3 Å². The molecule has 2 N–H and O–H groups in total. The van der Waals surface area contributed by atoms with Gasteiger partial charge in [-0.15, -0.1) is 0 Å². The third-order valence-electron chi connectivity index (χ3n) is 4.27. The highest BCUT2D eigenvalue weighted by Gasteiger charge is 2.36. The maximum Gasteiger partial charge on any atom is 0.356 e. The second kappa shape index (κ2) is 7.78. The fourth-order valence-electron chi connectivity index (χ4n) is 2.57. The van der Waals surface area contributed by atoms with Crippen LogP contribution in [0.4, 0.5) is 5.69 Å². The molecule has 0 aliphatic rings. The van der Waals surface area contributed by atoms with E-state index < -0.39 is 13.4 Å². The van der Waals surface area contributed by atoms with Gasteiger partial charge in [-0.2, -0.15) is 0 Å². The summed E-state index contributed by atoms with van der Waals surface area (Å²) in [6.45, 7) is 8.08. The van der Waals surface area contributed by atoms with Crippen LogP contribution in [0.15, 0.2) is 36.7 Å². The lowest BCUT2D eigenvalue weighted by atomic mass is 9.88. The van der Waals surface area contributed by atoms with Crippen LogP contribution in [0.3, 0.4) is 0 Å². The number of aryl methyl sites for hydroxylation is 1. The van der Waals surface area contributed by atoms with Crippen molar-refractivity contribution < 1.29 is 18.7 Å². The van der Waals surface area contributed by atoms with Gasteiger partial charge in [-0.25, -0.2) is 0 Å². The van der Waals surface area contributed by atoms with E-state index in [2.05, 4.69) is 31.1 Å². The van der Waals surface area contributed by atoms with E-state index in [1.54, 1.807) is 31.3 Å². The Labute approximate surface area is 155 Å². The summed E-state index contributed by atoms with van der Waals surface area (Å²) in [5.74, 6) is -0.567. The maximum atomic E-state index is 13.1. The van der Waals surface area contributed by atoms with Gasteiger partial charge in [-0.1, -0.05) is 26.8 Å². The molecule has 0 amide bonds. The third kappa shape index (κ3) is 4.44. The minimum atomic E-state index is -3.49. The topological polar surface area (TPSA) is 80.7 Å². The molecule has 26 heavy (non-hydrogen) atoms. The molecule has 0 aliphatic carbocycles. The normalized spacial score (nSPS) is 13.5. The number of phenolic OH excluding ortho intramolecular Hbond substituents is 1. The SMILES string of the molecule is COP(=O)(OC)C(Nc1cncc(C(C)(C)C)c1)c1ccc(O)c(C)c1. The Hall–Kier alpha value is -1.88. The van der Waals surface area contributed by atoms with Crippen molar-refractivity contribution in [3.05, 3.63) is 53.3 Å². The maximum absolute atomic E-state index is 13.1. The fraction of sp³-hybridized carbons (Fsp3) is 0.421. The second-order valence-electron chi connectivity index (χ2n) is 7.21. The van der Waals surface area contributed by atoms with Crippen molar-refractivity contribution in [1.29, 1.82) is 0 Å². The van der Waals surface area contributed by atoms with Gasteiger partial charge in [0.2, 0.25) is 0 Å². The first-order valence-corrected chi connectivity index (χ1v) is 9.94. The molecule has 2 rings (SSSR count). The Morgan fingerprint density at radius 1 is 1.15 bits per heavy atom. The van der Waals surface area contributed by atoms with Crippen LogP contribution in [0.25, 0.3) is 0 Å². The number of benzene rings is 1. The standard InChI is InChI=1S/C19H27N2O4P/c1-13-9-14(7-8-17(13)22)18(26(23,24-5)25-6)21-16-10-15(11-20-12-16)19(2,3)4/h7-12,18,21-22H,1-6H3. The van der Waals surface area contributed by atoms with E-state index in [1.165, 1.54) is 14.2 Å². The smallest absolute Gasteiger partial charge is 0.356 e. The summed E-state index contributed by atoms with van der Waals surface area (Å²) in [6.07, 6.45) is 3.49. The molecule has 1 aromatic heterocycles. The number of aromatic nitrogens is 1. The predicted octanol–water partition coefficient (Wildman–Crippen LogP) is 4.99. The highest BCUT2D eigenvalue weighted by Crippen LogP contribution is 2.59. The van der Waals surface area contributed by atoms with E-state index in [9.17, 15) is 9.67 Å².